The molecular formula is C17H40N2O6P2. The van der Waals surface area contributed by atoms with Crippen LogP contribution in [0.2, 0.25) is 0 Å². The van der Waals surface area contributed by atoms with Crippen molar-refractivity contribution in [2.75, 3.05) is 26.4 Å². The maximum Gasteiger partial charge on any atom is 0.270 e. The van der Waals surface area contributed by atoms with Crippen molar-refractivity contribution in [3.05, 3.63) is 0 Å². The summed E-state index contributed by atoms with van der Waals surface area (Å²) in [6, 6.07) is 0. The topological polar surface area (TPSA) is 145 Å². The molecule has 0 aliphatic rings. The second kappa shape index (κ2) is 12.0. The van der Waals surface area contributed by atoms with Gasteiger partial charge < -0.3 is 19.3 Å². The van der Waals surface area contributed by atoms with Gasteiger partial charge in [0.05, 0.1) is 10.3 Å². The van der Waals surface area contributed by atoms with E-state index < -0.39 is 25.4 Å². The molecule has 0 heterocycles. The monoisotopic (exact) mass is 430 g/mol. The predicted octanol–water partition coefficient (Wildman–Crippen LogP) is 3.60. The third-order valence-electron chi connectivity index (χ3n) is 4.97. The van der Waals surface area contributed by atoms with Crippen molar-refractivity contribution in [2.45, 2.75) is 83.0 Å². The summed E-state index contributed by atoms with van der Waals surface area (Å²) in [5, 5.41) is -1.51. The normalized spacial score (nSPS) is 17.5. The molecule has 0 aromatic heterocycles. The molecule has 0 amide bonds. The van der Waals surface area contributed by atoms with Crippen molar-refractivity contribution in [2.24, 2.45) is 11.0 Å². The van der Waals surface area contributed by atoms with Gasteiger partial charge in [0.15, 0.2) is 0 Å². The maximum atomic E-state index is 11.5. The van der Waals surface area contributed by atoms with E-state index in [2.05, 4.69) is 0 Å². The van der Waals surface area contributed by atoms with Gasteiger partial charge in [-0.05, 0) is 59.8 Å². The average Bonchev–Trinajstić information content (AvgIpc) is 2.49. The molecule has 0 aliphatic heterocycles. The van der Waals surface area contributed by atoms with Crippen molar-refractivity contribution in [1.29, 1.82) is 0 Å². The minimum Gasteiger partial charge on any atom is -0.381 e. The van der Waals surface area contributed by atoms with Crippen LogP contribution in [0, 0.1) is 0 Å². The lowest BCUT2D eigenvalue weighted by Gasteiger charge is -2.26. The van der Waals surface area contributed by atoms with Gasteiger partial charge in [0.25, 0.3) is 15.0 Å². The SMILES string of the molecule is CC(C)(CCCCOCCCOCCCCC(C)(C)P(N)(=O)O)P(N)(=O)O. The lowest BCUT2D eigenvalue weighted by molar-refractivity contribution is 0.0791. The van der Waals surface area contributed by atoms with E-state index in [1.54, 1.807) is 27.7 Å². The number of unbranched alkanes of at least 4 members (excludes halogenated alkanes) is 2. The Morgan fingerprint density at radius 2 is 0.963 bits per heavy atom. The molecule has 0 spiro atoms. The van der Waals surface area contributed by atoms with Gasteiger partial charge in [-0.3, -0.25) is 20.1 Å². The first-order valence-electron chi connectivity index (χ1n) is 9.59. The van der Waals surface area contributed by atoms with Crippen LogP contribution < -0.4 is 11.0 Å². The highest BCUT2D eigenvalue weighted by atomic mass is 31.2. The molecule has 6 N–H and O–H groups in total. The van der Waals surface area contributed by atoms with Gasteiger partial charge in [-0.25, -0.2) is 0 Å². The van der Waals surface area contributed by atoms with Crippen LogP contribution >= 0.6 is 15.0 Å². The lowest BCUT2D eigenvalue weighted by Crippen LogP contribution is -2.24. The number of rotatable bonds is 16. The second-order valence-electron chi connectivity index (χ2n) is 8.36. The van der Waals surface area contributed by atoms with E-state index in [0.717, 1.165) is 32.1 Å². The standard InChI is InChI=1S/C17H40N2O6P2/c1-16(2,26(18,20)21)10-5-7-12-24-14-9-15-25-13-8-6-11-17(3,4)27(19,22)23/h5-15H2,1-4H3,(H3,18,20,21)(H3,19,22,23). The van der Waals surface area contributed by atoms with Gasteiger partial charge in [-0.1, -0.05) is 12.8 Å². The average molecular weight is 430 g/mol. The smallest absolute Gasteiger partial charge is 0.270 e. The molecule has 2 atom stereocenters. The fourth-order valence-electron chi connectivity index (χ4n) is 2.31. The van der Waals surface area contributed by atoms with E-state index in [1.807, 2.05) is 0 Å². The molecule has 2 unspecified atom stereocenters. The molecule has 0 bridgehead atoms. The number of ether oxygens (including phenoxy) is 2. The molecule has 0 rings (SSSR count). The van der Waals surface area contributed by atoms with E-state index >= 15 is 0 Å². The Bertz CT molecular complexity index is 458. The summed E-state index contributed by atoms with van der Waals surface area (Å²) in [6.07, 6.45) is 5.25. The van der Waals surface area contributed by atoms with E-state index in [4.69, 9.17) is 20.5 Å². The molecule has 0 radical (unpaired) electrons. The van der Waals surface area contributed by atoms with E-state index in [9.17, 15) is 18.9 Å². The predicted molar refractivity (Wildman–Crippen MR) is 110 cm³/mol. The summed E-state index contributed by atoms with van der Waals surface area (Å²) in [5.74, 6) is 0. The molecule has 0 fully saturated rings. The summed E-state index contributed by atoms with van der Waals surface area (Å²) >= 11 is 0. The molecule has 27 heavy (non-hydrogen) atoms. The zero-order valence-electron chi connectivity index (χ0n) is 17.4. The number of nitrogens with two attached hydrogens (primary N) is 2. The number of hydrogen-bond acceptors (Lipinski definition) is 4. The molecule has 8 nitrogen and oxygen atoms in total. The van der Waals surface area contributed by atoms with Crippen LogP contribution in [0.25, 0.3) is 0 Å². The van der Waals surface area contributed by atoms with Crippen LogP contribution in [-0.2, 0) is 18.6 Å². The van der Waals surface area contributed by atoms with Gasteiger partial charge in [0.2, 0.25) is 0 Å². The van der Waals surface area contributed by atoms with Crippen molar-refractivity contribution >= 4 is 15.0 Å². The minimum absolute atomic E-state index is 0.594. The molecule has 164 valence electrons. The summed E-state index contributed by atoms with van der Waals surface area (Å²) in [5.41, 5.74) is 10.7. The van der Waals surface area contributed by atoms with Crippen molar-refractivity contribution in [3.8, 4) is 0 Å². The van der Waals surface area contributed by atoms with Gasteiger partial charge in [0.1, 0.15) is 0 Å². The van der Waals surface area contributed by atoms with E-state index in [0.29, 0.717) is 39.3 Å². The quantitative estimate of drug-likeness (QED) is 0.215. The fourth-order valence-corrected chi connectivity index (χ4v) is 3.27. The van der Waals surface area contributed by atoms with Gasteiger partial charge >= 0.3 is 0 Å². The fraction of sp³-hybridized carbons (Fsp3) is 1.00. The van der Waals surface area contributed by atoms with Crippen molar-refractivity contribution in [3.63, 3.8) is 0 Å². The first-order chi connectivity index (χ1) is 12.2. The van der Waals surface area contributed by atoms with Gasteiger partial charge in [-0.2, -0.15) is 0 Å². The van der Waals surface area contributed by atoms with Crippen LogP contribution in [-0.4, -0.2) is 46.5 Å². The zero-order valence-corrected chi connectivity index (χ0v) is 19.1. The van der Waals surface area contributed by atoms with Crippen LogP contribution in [0.1, 0.15) is 72.6 Å². The highest BCUT2D eigenvalue weighted by Crippen LogP contribution is 2.50. The summed E-state index contributed by atoms with van der Waals surface area (Å²) in [7, 11) is -7.12. The molecule has 0 aromatic rings. The maximum absolute atomic E-state index is 11.5. The molecular weight excluding hydrogens is 390 g/mol. The van der Waals surface area contributed by atoms with Crippen LogP contribution in [0.15, 0.2) is 0 Å². The van der Waals surface area contributed by atoms with Gasteiger partial charge in [0, 0.05) is 26.4 Å². The molecule has 0 aliphatic carbocycles. The largest absolute Gasteiger partial charge is 0.381 e. The Morgan fingerprint density at radius 1 is 0.667 bits per heavy atom. The second-order valence-corrected chi connectivity index (χ2v) is 13.3. The zero-order chi connectivity index (χ0) is 21.2. The van der Waals surface area contributed by atoms with Gasteiger partial charge in [-0.15, -0.1) is 0 Å². The minimum atomic E-state index is -3.56. The Hall–Kier alpha value is 0.220. The molecule has 0 saturated carbocycles. The highest BCUT2D eigenvalue weighted by Gasteiger charge is 2.35. The molecule has 10 heteroatoms. The summed E-state index contributed by atoms with van der Waals surface area (Å²) in [4.78, 5) is 18.9. The summed E-state index contributed by atoms with van der Waals surface area (Å²) < 4.78 is 34.1. The van der Waals surface area contributed by atoms with Crippen LogP contribution in [0.4, 0.5) is 0 Å². The lowest BCUT2D eigenvalue weighted by atomic mass is 10.1. The van der Waals surface area contributed by atoms with Crippen molar-refractivity contribution in [1.82, 2.24) is 0 Å². The highest BCUT2D eigenvalue weighted by molar-refractivity contribution is 7.57. The van der Waals surface area contributed by atoms with Crippen molar-refractivity contribution < 1.29 is 28.4 Å². The number of hydrogen-bond donors (Lipinski definition) is 4. The van der Waals surface area contributed by atoms with E-state index in [-0.39, 0.29) is 0 Å². The Morgan fingerprint density at radius 3 is 1.26 bits per heavy atom. The molecule has 0 saturated heterocycles. The Kier molecular flexibility index (Phi) is 12.1. The molecule has 0 aromatic carbocycles. The Labute approximate surface area is 164 Å². The first kappa shape index (κ1) is 27.2. The Balaban J connectivity index is 3.49. The van der Waals surface area contributed by atoms with Crippen LogP contribution in [0.3, 0.4) is 0 Å². The summed E-state index contributed by atoms with van der Waals surface area (Å²) in [6.45, 7) is 9.32. The van der Waals surface area contributed by atoms with E-state index in [1.165, 1.54) is 0 Å². The third kappa shape index (κ3) is 11.7. The van der Waals surface area contributed by atoms with Crippen LogP contribution in [0.5, 0.6) is 0 Å². The third-order valence-corrected chi connectivity index (χ3v) is 8.88. The first-order valence-corrected chi connectivity index (χ1v) is 13.0.